The summed E-state index contributed by atoms with van der Waals surface area (Å²) in [6.45, 7) is 4.15. The summed E-state index contributed by atoms with van der Waals surface area (Å²) >= 11 is 0. The van der Waals surface area contributed by atoms with E-state index in [1.165, 1.54) is 12.1 Å². The van der Waals surface area contributed by atoms with Crippen molar-refractivity contribution in [3.8, 4) is 0 Å². The minimum absolute atomic E-state index is 0.0304. The fourth-order valence-electron chi connectivity index (χ4n) is 3.89. The molecule has 6 nitrogen and oxygen atoms in total. The second kappa shape index (κ2) is 8.35. The molecule has 0 amide bonds. The van der Waals surface area contributed by atoms with Gasteiger partial charge in [-0.2, -0.15) is 13.2 Å². The van der Waals surface area contributed by atoms with Crippen LogP contribution in [0.1, 0.15) is 36.3 Å². The number of carboxylic acid groups (broad SMARTS) is 1. The minimum Gasteiger partial charge on any atom is -0.478 e. The quantitative estimate of drug-likeness (QED) is 0.715. The third-order valence-electron chi connectivity index (χ3n) is 5.44. The Morgan fingerprint density at radius 1 is 1.30 bits per heavy atom. The van der Waals surface area contributed by atoms with Crippen LogP contribution in [0, 0.1) is 5.82 Å². The summed E-state index contributed by atoms with van der Waals surface area (Å²) in [6.07, 6.45) is -5.88. The second-order valence-corrected chi connectivity index (χ2v) is 7.70. The molecule has 10 heteroatoms. The fraction of sp³-hybridized carbons (Fsp3) is 0.500. The Bertz CT molecular complexity index is 1020. The van der Waals surface area contributed by atoms with Gasteiger partial charge in [0.25, 0.3) is 5.56 Å². The Labute approximate surface area is 170 Å². The van der Waals surface area contributed by atoms with Gasteiger partial charge in [0.1, 0.15) is 5.82 Å². The van der Waals surface area contributed by atoms with E-state index < -0.39 is 41.9 Å². The molecule has 1 aromatic heterocycles. The predicted molar refractivity (Wildman–Crippen MR) is 103 cm³/mol. The molecule has 0 aliphatic carbocycles. The molecule has 1 aliphatic heterocycles. The molecule has 1 aromatic carbocycles. The third-order valence-corrected chi connectivity index (χ3v) is 5.44. The van der Waals surface area contributed by atoms with E-state index in [1.54, 1.807) is 0 Å². The van der Waals surface area contributed by atoms with Crippen LogP contribution in [0.3, 0.4) is 0 Å². The van der Waals surface area contributed by atoms with Gasteiger partial charge >= 0.3 is 12.1 Å². The van der Waals surface area contributed by atoms with Crippen LogP contribution in [-0.2, 0) is 13.1 Å². The van der Waals surface area contributed by atoms with Gasteiger partial charge in [-0.1, -0.05) is 12.1 Å². The number of rotatable bonds is 5. The predicted octanol–water partition coefficient (Wildman–Crippen LogP) is 2.97. The van der Waals surface area contributed by atoms with Crippen molar-refractivity contribution >= 4 is 16.7 Å². The van der Waals surface area contributed by atoms with Crippen molar-refractivity contribution in [2.45, 2.75) is 51.6 Å². The zero-order valence-electron chi connectivity index (χ0n) is 16.6. The van der Waals surface area contributed by atoms with E-state index in [1.807, 2.05) is 18.7 Å². The number of aromatic nitrogens is 1. The Morgan fingerprint density at radius 2 is 2.00 bits per heavy atom. The van der Waals surface area contributed by atoms with Crippen molar-refractivity contribution in [2.75, 3.05) is 13.1 Å². The summed E-state index contributed by atoms with van der Waals surface area (Å²) in [7, 11) is 0. The number of fused-ring (bicyclic) bond motifs is 1. The summed E-state index contributed by atoms with van der Waals surface area (Å²) in [5, 5.41) is 12.5. The van der Waals surface area contributed by atoms with E-state index in [0.29, 0.717) is 13.1 Å². The Morgan fingerprint density at radius 3 is 2.63 bits per heavy atom. The number of pyridine rings is 1. The van der Waals surface area contributed by atoms with Crippen molar-refractivity contribution < 1.29 is 27.5 Å². The van der Waals surface area contributed by atoms with Crippen LogP contribution in [0.4, 0.5) is 17.6 Å². The van der Waals surface area contributed by atoms with Crippen molar-refractivity contribution in [1.29, 1.82) is 0 Å². The van der Waals surface area contributed by atoms with E-state index in [-0.39, 0.29) is 35.3 Å². The number of piperazine rings is 1. The zero-order valence-corrected chi connectivity index (χ0v) is 16.6. The van der Waals surface area contributed by atoms with Gasteiger partial charge in [-0.15, -0.1) is 0 Å². The molecule has 0 radical (unpaired) electrons. The number of hydrogen-bond donors (Lipinski definition) is 2. The number of carboxylic acids is 1. The Hall–Kier alpha value is -2.46. The van der Waals surface area contributed by atoms with E-state index >= 15 is 0 Å². The molecule has 1 aliphatic rings. The van der Waals surface area contributed by atoms with Gasteiger partial charge in [-0.25, -0.2) is 9.18 Å². The molecule has 0 unspecified atom stereocenters. The first-order valence-electron chi connectivity index (χ1n) is 9.61. The van der Waals surface area contributed by atoms with Crippen LogP contribution < -0.4 is 10.9 Å². The van der Waals surface area contributed by atoms with E-state index in [0.717, 1.165) is 10.6 Å². The number of hydrogen-bond acceptors (Lipinski definition) is 4. The lowest BCUT2D eigenvalue weighted by atomic mass is 10.0. The summed E-state index contributed by atoms with van der Waals surface area (Å²) in [5.41, 5.74) is -1.34. The van der Waals surface area contributed by atoms with E-state index in [9.17, 15) is 32.3 Å². The number of benzene rings is 1. The summed E-state index contributed by atoms with van der Waals surface area (Å²) in [4.78, 5) is 27.0. The fourth-order valence-corrected chi connectivity index (χ4v) is 3.89. The summed E-state index contributed by atoms with van der Waals surface area (Å²) in [5.74, 6) is -2.38. The number of nitrogens with one attached hydrogen (secondary N) is 1. The SMILES string of the molecule is C[C@@H]1CN[C@@H](C)CN1Cc1c(C(=O)O)c2cccc(F)c2c(=O)n1CCC(F)(F)F. The lowest BCUT2D eigenvalue weighted by Gasteiger charge is -2.38. The number of aromatic carboxylic acids is 1. The molecule has 2 atom stereocenters. The molecule has 1 saturated heterocycles. The highest BCUT2D eigenvalue weighted by atomic mass is 19.4. The molecule has 2 heterocycles. The first kappa shape index (κ1) is 22.2. The smallest absolute Gasteiger partial charge is 0.390 e. The average molecular weight is 429 g/mol. The highest BCUT2D eigenvalue weighted by Gasteiger charge is 2.31. The van der Waals surface area contributed by atoms with Gasteiger partial charge in [0, 0.05) is 43.6 Å². The van der Waals surface area contributed by atoms with Gasteiger partial charge in [-0.3, -0.25) is 9.69 Å². The molecule has 0 saturated carbocycles. The van der Waals surface area contributed by atoms with Gasteiger partial charge < -0.3 is 15.0 Å². The molecule has 164 valence electrons. The Balaban J connectivity index is 2.24. The van der Waals surface area contributed by atoms with Crippen molar-refractivity contribution in [2.24, 2.45) is 0 Å². The van der Waals surface area contributed by atoms with Gasteiger partial charge in [-0.05, 0) is 19.9 Å². The average Bonchev–Trinajstić information content (AvgIpc) is 2.63. The van der Waals surface area contributed by atoms with E-state index in [4.69, 9.17) is 0 Å². The summed E-state index contributed by atoms with van der Waals surface area (Å²) < 4.78 is 53.9. The van der Waals surface area contributed by atoms with Gasteiger partial charge in [0.05, 0.1) is 23.1 Å². The highest BCUT2D eigenvalue weighted by Crippen LogP contribution is 2.26. The molecule has 30 heavy (non-hydrogen) atoms. The maximum absolute atomic E-state index is 14.4. The van der Waals surface area contributed by atoms with Crippen LogP contribution in [-0.4, -0.2) is 51.9 Å². The van der Waals surface area contributed by atoms with Crippen LogP contribution in [0.2, 0.25) is 0 Å². The largest absolute Gasteiger partial charge is 0.478 e. The number of halogens is 4. The number of carbonyl (C=O) groups is 1. The molecule has 3 rings (SSSR count). The highest BCUT2D eigenvalue weighted by molar-refractivity contribution is 6.04. The number of alkyl halides is 3. The van der Waals surface area contributed by atoms with Crippen LogP contribution in [0.25, 0.3) is 10.8 Å². The molecular weight excluding hydrogens is 406 g/mol. The first-order chi connectivity index (χ1) is 14.0. The molecule has 0 bridgehead atoms. The van der Waals surface area contributed by atoms with Crippen LogP contribution >= 0.6 is 0 Å². The summed E-state index contributed by atoms with van der Waals surface area (Å²) in [6, 6.07) is 3.64. The third kappa shape index (κ3) is 4.49. The van der Waals surface area contributed by atoms with Crippen LogP contribution in [0.5, 0.6) is 0 Å². The maximum atomic E-state index is 14.4. The standard InChI is InChI=1S/C20H23F4N3O3/c1-11-9-26(12(2)8-25-11)10-15-17(19(29)30)13-4-3-5-14(21)16(13)18(28)27(15)7-6-20(22,23)24/h3-5,11-12,25H,6-10H2,1-2H3,(H,29,30)/t11-,12+/m0/s1. The second-order valence-electron chi connectivity index (χ2n) is 7.70. The molecule has 2 N–H and O–H groups in total. The Kier molecular flexibility index (Phi) is 6.19. The molecule has 1 fully saturated rings. The minimum atomic E-state index is -4.55. The van der Waals surface area contributed by atoms with Gasteiger partial charge in [0.15, 0.2) is 0 Å². The molecular formula is C20H23F4N3O3. The normalized spacial score (nSPS) is 20.6. The molecule has 0 spiro atoms. The van der Waals surface area contributed by atoms with Crippen molar-refractivity contribution in [3.63, 3.8) is 0 Å². The number of nitrogens with zero attached hydrogens (tertiary/aromatic N) is 2. The van der Waals surface area contributed by atoms with Crippen LogP contribution in [0.15, 0.2) is 23.0 Å². The lowest BCUT2D eigenvalue weighted by Crippen LogP contribution is -2.54. The maximum Gasteiger partial charge on any atom is 0.390 e. The van der Waals surface area contributed by atoms with Crippen molar-refractivity contribution in [3.05, 3.63) is 45.6 Å². The van der Waals surface area contributed by atoms with Crippen molar-refractivity contribution in [1.82, 2.24) is 14.8 Å². The van der Waals surface area contributed by atoms with E-state index in [2.05, 4.69) is 5.32 Å². The zero-order chi connectivity index (χ0) is 22.2. The molecule has 2 aromatic rings. The first-order valence-corrected chi connectivity index (χ1v) is 9.61. The van der Waals surface area contributed by atoms with Gasteiger partial charge in [0.2, 0.25) is 0 Å². The topological polar surface area (TPSA) is 74.6 Å². The lowest BCUT2D eigenvalue weighted by molar-refractivity contribution is -0.136. The monoisotopic (exact) mass is 429 g/mol.